The number of anilines is 1. The highest BCUT2D eigenvalue weighted by atomic mass is 16.4. The van der Waals surface area contributed by atoms with Crippen molar-refractivity contribution < 1.29 is 9.90 Å². The normalized spacial score (nSPS) is 12.8. The number of nitrogens with two attached hydrogens (primary N) is 1. The number of carbonyl (C=O) groups is 1. The molecule has 1 aromatic rings. The molecule has 0 saturated heterocycles. The van der Waals surface area contributed by atoms with Crippen LogP contribution in [-0.2, 0) is 0 Å². The number of hydrogen-bond acceptors (Lipinski definition) is 3. The van der Waals surface area contributed by atoms with Crippen LogP contribution in [0.15, 0.2) is 18.2 Å². The highest BCUT2D eigenvalue weighted by molar-refractivity contribution is 5.90. The third kappa shape index (κ3) is 2.47. The lowest BCUT2D eigenvalue weighted by Gasteiger charge is -2.22. The molecule has 0 fully saturated rings. The van der Waals surface area contributed by atoms with Gasteiger partial charge in [-0.15, -0.1) is 0 Å². The summed E-state index contributed by atoms with van der Waals surface area (Å²) in [6, 6.07) is 4.90. The lowest BCUT2D eigenvalue weighted by Crippen LogP contribution is -2.19. The second kappa shape index (κ2) is 4.31. The molecule has 0 aliphatic carbocycles. The zero-order chi connectivity index (χ0) is 11.6. The molecule has 0 heterocycles. The monoisotopic (exact) mass is 208 g/mol. The number of aromatic carboxylic acids is 1. The molecule has 1 atom stereocenters. The van der Waals surface area contributed by atoms with E-state index in [-0.39, 0.29) is 6.04 Å². The Labute approximate surface area is 89.3 Å². The van der Waals surface area contributed by atoms with Gasteiger partial charge in [0.2, 0.25) is 0 Å². The van der Waals surface area contributed by atoms with Gasteiger partial charge in [-0.05, 0) is 44.8 Å². The van der Waals surface area contributed by atoms with E-state index in [9.17, 15) is 4.79 Å². The Balaban J connectivity index is 3.24. The molecule has 4 heteroatoms. The van der Waals surface area contributed by atoms with Crippen molar-refractivity contribution in [2.75, 3.05) is 19.8 Å². The Morgan fingerprint density at radius 3 is 2.53 bits per heavy atom. The molecule has 0 aromatic heterocycles. The fourth-order valence-corrected chi connectivity index (χ4v) is 1.40. The summed E-state index contributed by atoms with van der Waals surface area (Å²) in [5.41, 5.74) is 7.29. The largest absolute Gasteiger partial charge is 0.478 e. The Morgan fingerprint density at radius 2 is 2.07 bits per heavy atom. The van der Waals surface area contributed by atoms with Crippen LogP contribution in [0.4, 0.5) is 5.69 Å². The molecule has 0 bridgehead atoms. The number of carboxylic acid groups (broad SMARTS) is 1. The van der Waals surface area contributed by atoms with Crippen molar-refractivity contribution in [3.63, 3.8) is 0 Å². The van der Waals surface area contributed by atoms with Crippen molar-refractivity contribution >= 4 is 11.7 Å². The SMILES string of the molecule is CC(c1cc(N)ccc1C(=O)O)N(C)C. The minimum atomic E-state index is -0.918. The summed E-state index contributed by atoms with van der Waals surface area (Å²) in [4.78, 5) is 12.9. The number of carboxylic acids is 1. The van der Waals surface area contributed by atoms with Crippen LogP contribution in [0.2, 0.25) is 0 Å². The van der Waals surface area contributed by atoms with Crippen LogP contribution in [0.3, 0.4) is 0 Å². The molecule has 0 aliphatic heterocycles. The van der Waals surface area contributed by atoms with Gasteiger partial charge in [0.1, 0.15) is 0 Å². The van der Waals surface area contributed by atoms with Crippen molar-refractivity contribution in [2.24, 2.45) is 0 Å². The summed E-state index contributed by atoms with van der Waals surface area (Å²) in [5.74, 6) is -0.918. The fraction of sp³-hybridized carbons (Fsp3) is 0.364. The summed E-state index contributed by atoms with van der Waals surface area (Å²) in [5, 5.41) is 9.03. The van der Waals surface area contributed by atoms with Crippen molar-refractivity contribution in [2.45, 2.75) is 13.0 Å². The van der Waals surface area contributed by atoms with Crippen molar-refractivity contribution in [1.82, 2.24) is 4.90 Å². The molecule has 4 nitrogen and oxygen atoms in total. The van der Waals surface area contributed by atoms with Gasteiger partial charge in [0.05, 0.1) is 5.56 Å². The van der Waals surface area contributed by atoms with E-state index >= 15 is 0 Å². The van der Waals surface area contributed by atoms with Gasteiger partial charge in [0.15, 0.2) is 0 Å². The molecule has 3 N–H and O–H groups in total. The van der Waals surface area contributed by atoms with Crippen LogP contribution in [0.25, 0.3) is 0 Å². The maximum atomic E-state index is 11.0. The van der Waals surface area contributed by atoms with Crippen LogP contribution in [0.5, 0.6) is 0 Å². The zero-order valence-corrected chi connectivity index (χ0v) is 9.19. The first-order valence-corrected chi connectivity index (χ1v) is 4.72. The molecule has 0 amide bonds. The van der Waals surface area contributed by atoms with E-state index in [1.807, 2.05) is 25.9 Å². The lowest BCUT2D eigenvalue weighted by atomic mass is 10.00. The molecule has 1 aromatic carbocycles. The number of hydrogen-bond donors (Lipinski definition) is 2. The molecule has 0 saturated carbocycles. The lowest BCUT2D eigenvalue weighted by molar-refractivity contribution is 0.0694. The Morgan fingerprint density at radius 1 is 1.47 bits per heavy atom. The summed E-state index contributed by atoms with van der Waals surface area (Å²) in [7, 11) is 3.80. The van der Waals surface area contributed by atoms with Crippen LogP contribution >= 0.6 is 0 Å². The van der Waals surface area contributed by atoms with E-state index in [1.165, 1.54) is 0 Å². The van der Waals surface area contributed by atoms with Gasteiger partial charge in [-0.1, -0.05) is 0 Å². The molecule has 15 heavy (non-hydrogen) atoms. The number of nitrogens with zero attached hydrogens (tertiary/aromatic N) is 1. The van der Waals surface area contributed by atoms with E-state index in [4.69, 9.17) is 10.8 Å². The van der Waals surface area contributed by atoms with Crippen LogP contribution in [0.1, 0.15) is 28.9 Å². The van der Waals surface area contributed by atoms with E-state index in [0.717, 1.165) is 5.56 Å². The second-order valence-electron chi connectivity index (χ2n) is 3.79. The highest BCUT2D eigenvalue weighted by Crippen LogP contribution is 2.24. The van der Waals surface area contributed by atoms with Gasteiger partial charge >= 0.3 is 5.97 Å². The number of benzene rings is 1. The van der Waals surface area contributed by atoms with Crippen LogP contribution in [-0.4, -0.2) is 30.1 Å². The fourth-order valence-electron chi connectivity index (χ4n) is 1.40. The van der Waals surface area contributed by atoms with Gasteiger partial charge in [-0.2, -0.15) is 0 Å². The first-order valence-electron chi connectivity index (χ1n) is 4.72. The summed E-state index contributed by atoms with van der Waals surface area (Å²) in [6.45, 7) is 1.95. The van der Waals surface area contributed by atoms with E-state index in [1.54, 1.807) is 18.2 Å². The average Bonchev–Trinajstić information content (AvgIpc) is 2.15. The van der Waals surface area contributed by atoms with Gasteiger partial charge in [0, 0.05) is 11.7 Å². The molecular weight excluding hydrogens is 192 g/mol. The first kappa shape index (κ1) is 11.5. The van der Waals surface area contributed by atoms with Crippen molar-refractivity contribution in [3.8, 4) is 0 Å². The summed E-state index contributed by atoms with van der Waals surface area (Å²) < 4.78 is 0. The Kier molecular flexibility index (Phi) is 3.31. The molecular formula is C11H16N2O2. The average molecular weight is 208 g/mol. The van der Waals surface area contributed by atoms with E-state index in [0.29, 0.717) is 11.3 Å². The topological polar surface area (TPSA) is 66.6 Å². The van der Waals surface area contributed by atoms with Crippen LogP contribution in [0, 0.1) is 0 Å². The molecule has 1 rings (SSSR count). The molecule has 0 radical (unpaired) electrons. The summed E-state index contributed by atoms with van der Waals surface area (Å²) in [6.07, 6.45) is 0. The third-order valence-electron chi connectivity index (χ3n) is 2.53. The summed E-state index contributed by atoms with van der Waals surface area (Å²) >= 11 is 0. The smallest absolute Gasteiger partial charge is 0.336 e. The van der Waals surface area contributed by atoms with Gasteiger partial charge < -0.3 is 15.7 Å². The predicted molar refractivity (Wildman–Crippen MR) is 59.9 cm³/mol. The minimum Gasteiger partial charge on any atom is -0.478 e. The molecule has 0 spiro atoms. The molecule has 0 aliphatic rings. The van der Waals surface area contributed by atoms with Crippen molar-refractivity contribution in [1.29, 1.82) is 0 Å². The third-order valence-corrected chi connectivity index (χ3v) is 2.53. The van der Waals surface area contributed by atoms with Crippen molar-refractivity contribution in [3.05, 3.63) is 29.3 Å². The Hall–Kier alpha value is -1.55. The Bertz CT molecular complexity index is 375. The predicted octanol–water partition coefficient (Wildman–Crippen LogP) is 1.59. The highest BCUT2D eigenvalue weighted by Gasteiger charge is 2.16. The number of nitrogen functional groups attached to an aromatic ring is 1. The maximum Gasteiger partial charge on any atom is 0.336 e. The van der Waals surface area contributed by atoms with Crippen LogP contribution < -0.4 is 5.73 Å². The van der Waals surface area contributed by atoms with E-state index in [2.05, 4.69) is 0 Å². The molecule has 82 valence electrons. The first-order chi connectivity index (χ1) is 6.93. The van der Waals surface area contributed by atoms with Gasteiger partial charge in [-0.25, -0.2) is 4.79 Å². The second-order valence-corrected chi connectivity index (χ2v) is 3.79. The zero-order valence-electron chi connectivity index (χ0n) is 9.19. The number of rotatable bonds is 3. The molecule has 1 unspecified atom stereocenters. The minimum absolute atomic E-state index is 0.0274. The standard InChI is InChI=1S/C11H16N2O2/c1-7(13(2)3)10-6-8(12)4-5-9(10)11(14)15/h4-7H,12H2,1-3H3,(H,14,15). The van der Waals surface area contributed by atoms with E-state index < -0.39 is 5.97 Å². The quantitative estimate of drug-likeness (QED) is 0.740. The van der Waals surface area contributed by atoms with Gasteiger partial charge in [-0.3, -0.25) is 0 Å². The van der Waals surface area contributed by atoms with Gasteiger partial charge in [0.25, 0.3) is 0 Å². The maximum absolute atomic E-state index is 11.0.